The van der Waals surface area contributed by atoms with Crippen LogP contribution in [0.1, 0.15) is 5.56 Å². The first kappa shape index (κ1) is 18.5. The van der Waals surface area contributed by atoms with E-state index in [0.717, 1.165) is 23.5 Å². The molecule has 0 heterocycles. The average molecular weight is 360 g/mol. The maximum absolute atomic E-state index is 12.4. The van der Waals surface area contributed by atoms with Crippen molar-refractivity contribution in [2.24, 2.45) is 0 Å². The fourth-order valence-corrected chi connectivity index (χ4v) is 2.72. The number of hydrogen-bond donors (Lipinski definition) is 1. The molecule has 4 heteroatoms. The molecule has 0 saturated carbocycles. The van der Waals surface area contributed by atoms with Gasteiger partial charge in [0.25, 0.3) is 0 Å². The Hall–Kier alpha value is -3.27. The third kappa shape index (κ3) is 5.61. The SMILES string of the molecule is CN(C(=O)CNc1cccc(OCCc2ccccc2)c1)c1ccccc1. The summed E-state index contributed by atoms with van der Waals surface area (Å²) in [5.41, 5.74) is 2.99. The van der Waals surface area contributed by atoms with E-state index in [-0.39, 0.29) is 12.5 Å². The molecule has 0 spiro atoms. The molecule has 0 aliphatic rings. The number of nitrogens with one attached hydrogen (secondary N) is 1. The Bertz CT molecular complexity index is 851. The highest BCUT2D eigenvalue weighted by Gasteiger charge is 2.10. The second-order valence-corrected chi connectivity index (χ2v) is 6.25. The van der Waals surface area contributed by atoms with E-state index < -0.39 is 0 Å². The van der Waals surface area contributed by atoms with Crippen molar-refractivity contribution in [3.05, 3.63) is 90.5 Å². The fourth-order valence-electron chi connectivity index (χ4n) is 2.72. The summed E-state index contributed by atoms with van der Waals surface area (Å²) in [7, 11) is 1.78. The number of anilines is 2. The second kappa shape index (κ2) is 9.43. The van der Waals surface area contributed by atoms with Gasteiger partial charge in [-0.1, -0.05) is 54.6 Å². The third-order valence-electron chi connectivity index (χ3n) is 4.30. The Balaban J connectivity index is 1.49. The number of amides is 1. The minimum absolute atomic E-state index is 0.00315. The van der Waals surface area contributed by atoms with E-state index in [1.54, 1.807) is 11.9 Å². The van der Waals surface area contributed by atoms with E-state index in [2.05, 4.69) is 17.4 Å². The van der Waals surface area contributed by atoms with Gasteiger partial charge in [-0.2, -0.15) is 0 Å². The highest BCUT2D eigenvalue weighted by molar-refractivity contribution is 5.95. The molecular formula is C23H24N2O2. The summed E-state index contributed by atoms with van der Waals surface area (Å²) in [6, 6.07) is 27.6. The van der Waals surface area contributed by atoms with Crippen LogP contribution in [-0.4, -0.2) is 26.1 Å². The van der Waals surface area contributed by atoms with E-state index in [0.29, 0.717) is 6.61 Å². The molecule has 4 nitrogen and oxygen atoms in total. The van der Waals surface area contributed by atoms with Gasteiger partial charge in [0.2, 0.25) is 5.91 Å². The minimum Gasteiger partial charge on any atom is -0.493 e. The number of ether oxygens (including phenoxy) is 1. The first-order valence-electron chi connectivity index (χ1n) is 9.04. The van der Waals surface area contributed by atoms with E-state index in [4.69, 9.17) is 4.74 Å². The van der Waals surface area contributed by atoms with Crippen LogP contribution in [0, 0.1) is 0 Å². The number of para-hydroxylation sites is 1. The van der Waals surface area contributed by atoms with Crippen molar-refractivity contribution >= 4 is 17.3 Å². The van der Waals surface area contributed by atoms with Gasteiger partial charge in [0.15, 0.2) is 0 Å². The summed E-state index contributed by atoms with van der Waals surface area (Å²) < 4.78 is 5.84. The Labute approximate surface area is 160 Å². The number of nitrogens with zero attached hydrogens (tertiary/aromatic N) is 1. The summed E-state index contributed by atoms with van der Waals surface area (Å²) in [4.78, 5) is 14.0. The average Bonchev–Trinajstić information content (AvgIpc) is 2.73. The smallest absolute Gasteiger partial charge is 0.246 e. The number of carbonyl (C=O) groups is 1. The quantitative estimate of drug-likeness (QED) is 0.648. The molecule has 27 heavy (non-hydrogen) atoms. The molecule has 1 N–H and O–H groups in total. The van der Waals surface area contributed by atoms with Crippen LogP contribution in [0.5, 0.6) is 5.75 Å². The third-order valence-corrected chi connectivity index (χ3v) is 4.30. The summed E-state index contributed by atoms with van der Waals surface area (Å²) in [6.45, 7) is 0.835. The van der Waals surface area contributed by atoms with Crippen LogP contribution in [0.25, 0.3) is 0 Å². The number of likely N-dealkylation sites (N-methyl/N-ethyl adjacent to an activating group) is 1. The Morgan fingerprint density at radius 3 is 2.37 bits per heavy atom. The predicted octanol–water partition coefficient (Wildman–Crippen LogP) is 4.38. The van der Waals surface area contributed by atoms with Gasteiger partial charge in [-0.15, -0.1) is 0 Å². The normalized spacial score (nSPS) is 10.3. The standard InChI is InChI=1S/C23H24N2O2/c1-25(21-12-6-3-7-13-21)23(26)18-24-20-11-8-14-22(17-20)27-16-15-19-9-4-2-5-10-19/h2-14,17,24H,15-16,18H2,1H3. The highest BCUT2D eigenvalue weighted by atomic mass is 16.5. The Morgan fingerprint density at radius 1 is 0.926 bits per heavy atom. The van der Waals surface area contributed by atoms with Crippen LogP contribution >= 0.6 is 0 Å². The molecule has 1 amide bonds. The lowest BCUT2D eigenvalue weighted by molar-refractivity contribution is -0.116. The molecule has 0 atom stereocenters. The van der Waals surface area contributed by atoms with Crippen LogP contribution in [0.15, 0.2) is 84.9 Å². The zero-order chi connectivity index (χ0) is 18.9. The fraction of sp³-hybridized carbons (Fsp3) is 0.174. The summed E-state index contributed by atoms with van der Waals surface area (Å²) in [5.74, 6) is 0.788. The molecule has 138 valence electrons. The largest absolute Gasteiger partial charge is 0.493 e. The zero-order valence-electron chi connectivity index (χ0n) is 15.5. The second-order valence-electron chi connectivity index (χ2n) is 6.25. The molecular weight excluding hydrogens is 336 g/mol. The van der Waals surface area contributed by atoms with Crippen molar-refractivity contribution in [1.29, 1.82) is 0 Å². The van der Waals surface area contributed by atoms with Gasteiger partial charge >= 0.3 is 0 Å². The Morgan fingerprint density at radius 2 is 1.63 bits per heavy atom. The van der Waals surface area contributed by atoms with Crippen LogP contribution in [-0.2, 0) is 11.2 Å². The molecule has 0 aromatic heterocycles. The molecule has 0 saturated heterocycles. The number of rotatable bonds is 8. The predicted molar refractivity (Wildman–Crippen MR) is 110 cm³/mol. The van der Waals surface area contributed by atoms with Gasteiger partial charge in [0, 0.05) is 30.9 Å². The monoisotopic (exact) mass is 360 g/mol. The summed E-state index contributed by atoms with van der Waals surface area (Å²) in [5, 5.41) is 3.17. The van der Waals surface area contributed by atoms with Gasteiger partial charge in [-0.25, -0.2) is 0 Å². The first-order valence-corrected chi connectivity index (χ1v) is 9.04. The molecule has 0 aliphatic carbocycles. The highest BCUT2D eigenvalue weighted by Crippen LogP contribution is 2.18. The lowest BCUT2D eigenvalue weighted by atomic mass is 10.2. The van der Waals surface area contributed by atoms with E-state index in [1.807, 2.05) is 72.8 Å². The maximum Gasteiger partial charge on any atom is 0.246 e. The Kier molecular flexibility index (Phi) is 6.47. The van der Waals surface area contributed by atoms with Crippen molar-refractivity contribution in [2.75, 3.05) is 30.4 Å². The number of benzene rings is 3. The minimum atomic E-state index is -0.00315. The molecule has 0 radical (unpaired) electrons. The topological polar surface area (TPSA) is 41.6 Å². The van der Waals surface area contributed by atoms with Gasteiger partial charge in [0.05, 0.1) is 13.2 Å². The zero-order valence-corrected chi connectivity index (χ0v) is 15.5. The van der Waals surface area contributed by atoms with Gasteiger partial charge in [-0.3, -0.25) is 4.79 Å². The van der Waals surface area contributed by atoms with E-state index in [1.165, 1.54) is 5.56 Å². The van der Waals surface area contributed by atoms with Gasteiger partial charge in [0.1, 0.15) is 5.75 Å². The lowest BCUT2D eigenvalue weighted by Crippen LogP contribution is -2.32. The molecule has 0 bridgehead atoms. The lowest BCUT2D eigenvalue weighted by Gasteiger charge is -2.18. The molecule has 3 aromatic rings. The molecule has 0 unspecified atom stereocenters. The van der Waals surface area contributed by atoms with Crippen LogP contribution in [0.3, 0.4) is 0 Å². The number of carbonyl (C=O) groups excluding carboxylic acids is 1. The van der Waals surface area contributed by atoms with Crippen molar-refractivity contribution < 1.29 is 9.53 Å². The number of hydrogen-bond acceptors (Lipinski definition) is 3. The van der Waals surface area contributed by atoms with Crippen LogP contribution in [0.4, 0.5) is 11.4 Å². The van der Waals surface area contributed by atoms with Gasteiger partial charge < -0.3 is 15.0 Å². The van der Waals surface area contributed by atoms with Crippen molar-refractivity contribution in [3.63, 3.8) is 0 Å². The summed E-state index contributed by atoms with van der Waals surface area (Å²) >= 11 is 0. The molecule has 3 rings (SSSR count). The van der Waals surface area contributed by atoms with E-state index >= 15 is 0 Å². The molecule has 3 aromatic carbocycles. The van der Waals surface area contributed by atoms with Crippen molar-refractivity contribution in [3.8, 4) is 5.75 Å². The first-order chi connectivity index (χ1) is 13.2. The van der Waals surface area contributed by atoms with Crippen LogP contribution < -0.4 is 15.0 Å². The molecule has 0 fully saturated rings. The van der Waals surface area contributed by atoms with Crippen LogP contribution in [0.2, 0.25) is 0 Å². The van der Waals surface area contributed by atoms with Crippen molar-refractivity contribution in [2.45, 2.75) is 6.42 Å². The maximum atomic E-state index is 12.4. The van der Waals surface area contributed by atoms with Crippen molar-refractivity contribution in [1.82, 2.24) is 0 Å². The van der Waals surface area contributed by atoms with Gasteiger partial charge in [-0.05, 0) is 29.8 Å². The summed E-state index contributed by atoms with van der Waals surface area (Å²) in [6.07, 6.45) is 0.860. The van der Waals surface area contributed by atoms with E-state index in [9.17, 15) is 4.79 Å². The molecule has 0 aliphatic heterocycles.